The second kappa shape index (κ2) is 8.47. The van der Waals surface area contributed by atoms with Crippen molar-refractivity contribution in [2.45, 2.75) is 19.4 Å². The summed E-state index contributed by atoms with van der Waals surface area (Å²) in [4.78, 5) is 19.5. The lowest BCUT2D eigenvalue weighted by molar-refractivity contribution is 0.0718. The Labute approximate surface area is 176 Å². The first-order chi connectivity index (χ1) is 14.5. The van der Waals surface area contributed by atoms with Crippen molar-refractivity contribution in [3.63, 3.8) is 0 Å². The highest BCUT2D eigenvalue weighted by Crippen LogP contribution is 2.25. The summed E-state index contributed by atoms with van der Waals surface area (Å²) in [5.41, 5.74) is 2.84. The van der Waals surface area contributed by atoms with Gasteiger partial charge in [-0.1, -0.05) is 12.1 Å². The zero-order valence-electron chi connectivity index (χ0n) is 17.5. The third kappa shape index (κ3) is 3.79. The number of aromatic nitrogens is 1. The van der Waals surface area contributed by atoms with E-state index in [2.05, 4.69) is 21.9 Å². The number of piperazine rings is 1. The highest BCUT2D eigenvalue weighted by Gasteiger charge is 2.37. The van der Waals surface area contributed by atoms with Crippen molar-refractivity contribution in [2.24, 2.45) is 12.2 Å². The molecule has 0 saturated carbocycles. The normalized spacial score (nSPS) is 21.8. The number of amides is 1. The maximum Gasteiger partial charge on any atom is 0.256 e. The maximum absolute atomic E-state index is 13.2. The SMILES string of the molecule is CCCN1CC(N2CCN(c3ccc(F)cc3)CC2)/C(=N\O)c2cn(C)cc2C1=O. The van der Waals surface area contributed by atoms with Crippen molar-refractivity contribution in [1.29, 1.82) is 0 Å². The Balaban J connectivity index is 1.58. The van der Waals surface area contributed by atoms with Crippen LogP contribution in [-0.2, 0) is 7.05 Å². The molecule has 0 spiro atoms. The van der Waals surface area contributed by atoms with Gasteiger partial charge in [-0.3, -0.25) is 9.69 Å². The smallest absolute Gasteiger partial charge is 0.256 e. The second-order valence-electron chi connectivity index (χ2n) is 8.00. The van der Waals surface area contributed by atoms with Crippen LogP contribution in [0.5, 0.6) is 0 Å². The van der Waals surface area contributed by atoms with Crippen LogP contribution in [0, 0.1) is 5.82 Å². The number of benzene rings is 1. The van der Waals surface area contributed by atoms with Crippen LogP contribution in [0.4, 0.5) is 10.1 Å². The molecule has 0 bridgehead atoms. The van der Waals surface area contributed by atoms with Gasteiger partial charge >= 0.3 is 0 Å². The number of carbonyl (C=O) groups is 1. The first-order valence-corrected chi connectivity index (χ1v) is 10.4. The zero-order chi connectivity index (χ0) is 21.3. The predicted octanol–water partition coefficient (Wildman–Crippen LogP) is 2.40. The first kappa shape index (κ1) is 20.4. The fourth-order valence-electron chi connectivity index (χ4n) is 4.50. The average Bonchev–Trinajstić information content (AvgIpc) is 3.10. The maximum atomic E-state index is 13.2. The van der Waals surface area contributed by atoms with E-state index < -0.39 is 0 Å². The van der Waals surface area contributed by atoms with Gasteiger partial charge in [-0.05, 0) is 30.7 Å². The highest BCUT2D eigenvalue weighted by atomic mass is 19.1. The molecule has 1 unspecified atom stereocenters. The number of halogens is 1. The van der Waals surface area contributed by atoms with E-state index in [-0.39, 0.29) is 17.8 Å². The van der Waals surface area contributed by atoms with E-state index in [1.807, 2.05) is 22.7 Å². The van der Waals surface area contributed by atoms with Gasteiger partial charge in [-0.2, -0.15) is 0 Å². The predicted molar refractivity (Wildman–Crippen MR) is 114 cm³/mol. The van der Waals surface area contributed by atoms with Crippen LogP contribution < -0.4 is 4.90 Å². The Morgan fingerprint density at radius 1 is 1.10 bits per heavy atom. The quantitative estimate of drug-likeness (QED) is 0.618. The van der Waals surface area contributed by atoms with Crippen molar-refractivity contribution in [3.8, 4) is 0 Å². The van der Waals surface area contributed by atoms with Gasteiger partial charge in [0.15, 0.2) is 0 Å². The molecule has 1 aromatic heterocycles. The summed E-state index contributed by atoms with van der Waals surface area (Å²) in [5, 5.41) is 13.6. The minimum atomic E-state index is -0.237. The third-order valence-corrected chi connectivity index (χ3v) is 6.01. The number of hydrogen-bond acceptors (Lipinski definition) is 5. The Hall–Kier alpha value is -2.87. The van der Waals surface area contributed by atoms with Crippen LogP contribution >= 0.6 is 0 Å². The number of fused-ring (bicyclic) bond motifs is 1. The Bertz CT molecular complexity index is 932. The molecule has 8 heteroatoms. The van der Waals surface area contributed by atoms with E-state index in [4.69, 9.17) is 0 Å². The molecule has 0 aliphatic carbocycles. The fraction of sp³-hybridized carbons (Fsp3) is 0.455. The van der Waals surface area contributed by atoms with E-state index in [1.165, 1.54) is 12.1 Å². The van der Waals surface area contributed by atoms with Crippen LogP contribution in [0.2, 0.25) is 0 Å². The molecule has 1 aromatic carbocycles. The molecule has 1 amide bonds. The van der Waals surface area contributed by atoms with E-state index in [0.29, 0.717) is 29.9 Å². The summed E-state index contributed by atoms with van der Waals surface area (Å²) in [6.45, 7) is 6.31. The van der Waals surface area contributed by atoms with Crippen molar-refractivity contribution >= 4 is 17.3 Å². The summed E-state index contributed by atoms with van der Waals surface area (Å²) in [6.07, 6.45) is 4.53. The zero-order valence-corrected chi connectivity index (χ0v) is 17.5. The second-order valence-corrected chi connectivity index (χ2v) is 8.00. The summed E-state index contributed by atoms with van der Waals surface area (Å²) in [7, 11) is 1.87. The van der Waals surface area contributed by atoms with Crippen LogP contribution in [0.25, 0.3) is 0 Å². The minimum absolute atomic E-state index is 0.0129. The first-order valence-electron chi connectivity index (χ1n) is 10.4. The summed E-state index contributed by atoms with van der Waals surface area (Å²) in [5.74, 6) is -0.250. The molecule has 1 atom stereocenters. The van der Waals surface area contributed by atoms with Crippen molar-refractivity contribution in [3.05, 3.63) is 53.6 Å². The van der Waals surface area contributed by atoms with Crippen LogP contribution in [0.1, 0.15) is 29.3 Å². The fourth-order valence-corrected chi connectivity index (χ4v) is 4.50. The molecule has 160 valence electrons. The average molecular weight is 413 g/mol. The van der Waals surface area contributed by atoms with Crippen LogP contribution in [0.15, 0.2) is 41.8 Å². The van der Waals surface area contributed by atoms with Crippen LogP contribution in [-0.4, -0.2) is 76.5 Å². The lowest BCUT2D eigenvalue weighted by Gasteiger charge is -2.41. The van der Waals surface area contributed by atoms with Gasteiger partial charge in [0, 0.05) is 70.0 Å². The van der Waals surface area contributed by atoms with Crippen molar-refractivity contribution in [2.75, 3.05) is 44.2 Å². The number of nitrogens with zero attached hydrogens (tertiary/aromatic N) is 5. The summed E-state index contributed by atoms with van der Waals surface area (Å²) >= 11 is 0. The number of rotatable bonds is 4. The third-order valence-electron chi connectivity index (χ3n) is 6.01. The molecule has 2 aromatic rings. The van der Waals surface area contributed by atoms with E-state index >= 15 is 0 Å². The number of anilines is 1. The molecule has 2 aliphatic rings. The van der Waals surface area contributed by atoms with Gasteiger partial charge < -0.3 is 19.6 Å². The lowest BCUT2D eigenvalue weighted by atomic mass is 10.0. The van der Waals surface area contributed by atoms with Gasteiger partial charge in [0.1, 0.15) is 11.5 Å². The van der Waals surface area contributed by atoms with Crippen LogP contribution in [0.3, 0.4) is 0 Å². The van der Waals surface area contributed by atoms with E-state index in [0.717, 1.165) is 38.3 Å². The Morgan fingerprint density at radius 3 is 2.40 bits per heavy atom. The molecule has 4 rings (SSSR count). The Kier molecular flexibility index (Phi) is 5.76. The molecule has 1 N–H and O–H groups in total. The van der Waals surface area contributed by atoms with Gasteiger partial charge in [-0.15, -0.1) is 0 Å². The van der Waals surface area contributed by atoms with E-state index in [1.54, 1.807) is 18.3 Å². The van der Waals surface area contributed by atoms with Gasteiger partial charge in [0.2, 0.25) is 0 Å². The Morgan fingerprint density at radius 2 is 1.77 bits per heavy atom. The topological polar surface area (TPSA) is 64.3 Å². The van der Waals surface area contributed by atoms with Gasteiger partial charge in [-0.25, -0.2) is 4.39 Å². The molecule has 7 nitrogen and oxygen atoms in total. The largest absolute Gasteiger partial charge is 0.411 e. The summed E-state index contributed by atoms with van der Waals surface area (Å²) in [6, 6.07) is 6.39. The summed E-state index contributed by atoms with van der Waals surface area (Å²) < 4.78 is 15.1. The minimum Gasteiger partial charge on any atom is -0.411 e. The monoisotopic (exact) mass is 413 g/mol. The number of hydrogen-bond donors (Lipinski definition) is 1. The molecule has 30 heavy (non-hydrogen) atoms. The van der Waals surface area contributed by atoms with Crippen molar-refractivity contribution in [1.82, 2.24) is 14.4 Å². The van der Waals surface area contributed by atoms with Gasteiger partial charge in [0.05, 0.1) is 11.6 Å². The molecular formula is C22H28FN5O2. The number of carbonyl (C=O) groups excluding carboxylic acids is 1. The standard InChI is InChI=1S/C22H28FN5O2/c1-3-8-28-15-20(21(24-30)18-13-25(2)14-19(18)22(28)29)27-11-9-26(10-12-27)17-6-4-16(23)5-7-17/h4-7,13-14,20,30H,3,8-12,15H2,1-2H3/b24-21-. The number of aryl methyl sites for hydroxylation is 1. The molecular weight excluding hydrogens is 385 g/mol. The van der Waals surface area contributed by atoms with Crippen molar-refractivity contribution < 1.29 is 14.4 Å². The van der Waals surface area contributed by atoms with E-state index in [9.17, 15) is 14.4 Å². The molecule has 1 fully saturated rings. The molecule has 3 heterocycles. The van der Waals surface area contributed by atoms with Gasteiger partial charge in [0.25, 0.3) is 5.91 Å². The molecule has 1 saturated heterocycles. The number of oxime groups is 1. The highest BCUT2D eigenvalue weighted by molar-refractivity contribution is 6.14. The lowest BCUT2D eigenvalue weighted by Crippen LogP contribution is -2.56. The molecule has 2 aliphatic heterocycles. The molecule has 0 radical (unpaired) electrons.